The Kier molecular flexibility index (Phi) is 4.39. The normalized spacial score (nSPS) is 28.7. The molecule has 2 heteroatoms. The molecule has 0 heterocycles. The summed E-state index contributed by atoms with van der Waals surface area (Å²) in [6.07, 6.45) is 6.01. The van der Waals surface area contributed by atoms with Crippen molar-refractivity contribution in [2.45, 2.75) is 65.0 Å². The van der Waals surface area contributed by atoms with Gasteiger partial charge in [0.1, 0.15) is 0 Å². The standard InChI is InChI=1S/C12H25NO/c1-10(14)6-8-13-11-5-4-7-12(2,3)9-11/h10-11,13-14H,4-9H2,1-3H3/t10-,11-/m1/s1. The number of rotatable bonds is 4. The van der Waals surface area contributed by atoms with E-state index in [4.69, 9.17) is 5.11 Å². The number of nitrogens with one attached hydrogen (secondary N) is 1. The van der Waals surface area contributed by atoms with Crippen molar-refractivity contribution in [1.29, 1.82) is 0 Å². The average molecular weight is 199 g/mol. The zero-order valence-corrected chi connectivity index (χ0v) is 9.84. The molecule has 0 saturated heterocycles. The van der Waals surface area contributed by atoms with Crippen molar-refractivity contribution in [3.05, 3.63) is 0 Å². The van der Waals surface area contributed by atoms with Crippen LogP contribution in [0.3, 0.4) is 0 Å². The van der Waals surface area contributed by atoms with E-state index in [-0.39, 0.29) is 6.10 Å². The van der Waals surface area contributed by atoms with Crippen LogP contribution in [0.25, 0.3) is 0 Å². The Balaban J connectivity index is 2.18. The van der Waals surface area contributed by atoms with Crippen molar-refractivity contribution < 1.29 is 5.11 Å². The molecular weight excluding hydrogens is 174 g/mol. The SMILES string of the molecule is C[C@@H](O)CCN[C@@H]1CCCC(C)(C)C1. The number of aliphatic hydroxyl groups is 1. The molecule has 1 aliphatic rings. The third-order valence-electron chi connectivity index (χ3n) is 3.20. The summed E-state index contributed by atoms with van der Waals surface area (Å²) in [6, 6.07) is 0.678. The van der Waals surface area contributed by atoms with Crippen LogP contribution >= 0.6 is 0 Å². The first-order valence-electron chi connectivity index (χ1n) is 5.91. The van der Waals surface area contributed by atoms with Gasteiger partial charge in [0.2, 0.25) is 0 Å². The first-order valence-corrected chi connectivity index (χ1v) is 5.91. The Morgan fingerprint density at radius 1 is 1.50 bits per heavy atom. The molecule has 0 aromatic heterocycles. The summed E-state index contributed by atoms with van der Waals surface area (Å²) in [5.74, 6) is 0. The maximum atomic E-state index is 9.14. The number of aliphatic hydroxyl groups excluding tert-OH is 1. The van der Waals surface area contributed by atoms with Gasteiger partial charge in [0.25, 0.3) is 0 Å². The van der Waals surface area contributed by atoms with E-state index in [9.17, 15) is 0 Å². The molecule has 84 valence electrons. The number of hydrogen-bond acceptors (Lipinski definition) is 2. The maximum Gasteiger partial charge on any atom is 0.0524 e. The molecule has 0 radical (unpaired) electrons. The minimum Gasteiger partial charge on any atom is -0.393 e. The molecule has 2 atom stereocenters. The zero-order valence-electron chi connectivity index (χ0n) is 9.84. The minimum absolute atomic E-state index is 0.167. The fraction of sp³-hybridized carbons (Fsp3) is 1.00. The van der Waals surface area contributed by atoms with Crippen LogP contribution in [0, 0.1) is 5.41 Å². The maximum absolute atomic E-state index is 9.14. The average Bonchev–Trinajstić information content (AvgIpc) is 2.01. The predicted octanol–water partition coefficient (Wildman–Crippen LogP) is 2.32. The number of hydrogen-bond donors (Lipinski definition) is 2. The second-order valence-corrected chi connectivity index (χ2v) is 5.55. The minimum atomic E-state index is -0.167. The molecule has 0 aliphatic heterocycles. The van der Waals surface area contributed by atoms with Crippen LogP contribution in [0.2, 0.25) is 0 Å². The van der Waals surface area contributed by atoms with Gasteiger partial charge in [-0.2, -0.15) is 0 Å². The van der Waals surface area contributed by atoms with Crippen molar-refractivity contribution in [2.24, 2.45) is 5.41 Å². The van der Waals surface area contributed by atoms with Gasteiger partial charge in [-0.15, -0.1) is 0 Å². The van der Waals surface area contributed by atoms with E-state index in [1.165, 1.54) is 25.7 Å². The molecule has 14 heavy (non-hydrogen) atoms. The fourth-order valence-electron chi connectivity index (χ4n) is 2.37. The Bertz CT molecular complexity index is 166. The third kappa shape index (κ3) is 4.43. The highest BCUT2D eigenvalue weighted by Gasteiger charge is 2.27. The zero-order chi connectivity index (χ0) is 10.6. The van der Waals surface area contributed by atoms with Gasteiger partial charge in [0.05, 0.1) is 6.10 Å². The summed E-state index contributed by atoms with van der Waals surface area (Å²) < 4.78 is 0. The molecule has 2 nitrogen and oxygen atoms in total. The first-order chi connectivity index (χ1) is 6.49. The van der Waals surface area contributed by atoms with Crippen LogP contribution in [0.5, 0.6) is 0 Å². The van der Waals surface area contributed by atoms with Gasteiger partial charge in [-0.05, 0) is 44.6 Å². The van der Waals surface area contributed by atoms with E-state index >= 15 is 0 Å². The summed E-state index contributed by atoms with van der Waals surface area (Å²) in [5, 5.41) is 12.7. The van der Waals surface area contributed by atoms with E-state index in [0.717, 1.165) is 13.0 Å². The second-order valence-electron chi connectivity index (χ2n) is 5.55. The Morgan fingerprint density at radius 2 is 2.21 bits per heavy atom. The van der Waals surface area contributed by atoms with E-state index in [1.54, 1.807) is 0 Å². The predicted molar refractivity (Wildman–Crippen MR) is 60.3 cm³/mol. The quantitative estimate of drug-likeness (QED) is 0.728. The lowest BCUT2D eigenvalue weighted by molar-refractivity contribution is 0.169. The largest absolute Gasteiger partial charge is 0.393 e. The van der Waals surface area contributed by atoms with Crippen LogP contribution in [-0.4, -0.2) is 23.8 Å². The Labute approximate surface area is 88.1 Å². The van der Waals surface area contributed by atoms with Crippen molar-refractivity contribution >= 4 is 0 Å². The monoisotopic (exact) mass is 199 g/mol. The van der Waals surface area contributed by atoms with Gasteiger partial charge in [0.15, 0.2) is 0 Å². The van der Waals surface area contributed by atoms with Gasteiger partial charge in [0, 0.05) is 6.04 Å². The van der Waals surface area contributed by atoms with Crippen LogP contribution in [0.4, 0.5) is 0 Å². The van der Waals surface area contributed by atoms with Gasteiger partial charge in [-0.25, -0.2) is 0 Å². The van der Waals surface area contributed by atoms with Crippen LogP contribution in [-0.2, 0) is 0 Å². The summed E-state index contributed by atoms with van der Waals surface area (Å²) in [6.45, 7) is 7.52. The van der Waals surface area contributed by atoms with Crippen molar-refractivity contribution in [3.8, 4) is 0 Å². The second kappa shape index (κ2) is 5.13. The van der Waals surface area contributed by atoms with E-state index in [2.05, 4.69) is 19.2 Å². The van der Waals surface area contributed by atoms with Crippen molar-refractivity contribution in [1.82, 2.24) is 5.32 Å². The molecule has 0 spiro atoms. The lowest BCUT2D eigenvalue weighted by atomic mass is 9.75. The van der Waals surface area contributed by atoms with Gasteiger partial charge < -0.3 is 10.4 Å². The van der Waals surface area contributed by atoms with Crippen molar-refractivity contribution in [2.75, 3.05) is 6.54 Å². The molecule has 0 unspecified atom stereocenters. The fourth-order valence-corrected chi connectivity index (χ4v) is 2.37. The van der Waals surface area contributed by atoms with Crippen LogP contribution < -0.4 is 5.32 Å². The molecule has 1 saturated carbocycles. The smallest absolute Gasteiger partial charge is 0.0524 e. The van der Waals surface area contributed by atoms with Gasteiger partial charge in [-0.3, -0.25) is 0 Å². The molecule has 1 fully saturated rings. The lowest BCUT2D eigenvalue weighted by Gasteiger charge is -2.35. The molecule has 1 aliphatic carbocycles. The topological polar surface area (TPSA) is 32.3 Å². The summed E-state index contributed by atoms with van der Waals surface area (Å²) in [7, 11) is 0. The van der Waals surface area contributed by atoms with E-state index in [0.29, 0.717) is 11.5 Å². The van der Waals surface area contributed by atoms with Crippen LogP contribution in [0.15, 0.2) is 0 Å². The molecule has 0 amide bonds. The first kappa shape index (κ1) is 12.0. The molecule has 1 rings (SSSR count). The van der Waals surface area contributed by atoms with Crippen molar-refractivity contribution in [3.63, 3.8) is 0 Å². The van der Waals surface area contributed by atoms with E-state index < -0.39 is 0 Å². The van der Waals surface area contributed by atoms with Crippen LogP contribution in [0.1, 0.15) is 52.9 Å². The molecular formula is C12H25NO. The summed E-state index contributed by atoms with van der Waals surface area (Å²) in [4.78, 5) is 0. The third-order valence-corrected chi connectivity index (χ3v) is 3.20. The molecule has 0 aromatic carbocycles. The summed E-state index contributed by atoms with van der Waals surface area (Å²) in [5.41, 5.74) is 0.515. The highest BCUT2D eigenvalue weighted by atomic mass is 16.3. The van der Waals surface area contributed by atoms with E-state index in [1.807, 2.05) is 6.92 Å². The Hall–Kier alpha value is -0.0800. The summed E-state index contributed by atoms with van der Waals surface area (Å²) >= 11 is 0. The molecule has 0 aromatic rings. The van der Waals surface area contributed by atoms with Gasteiger partial charge in [-0.1, -0.05) is 20.3 Å². The lowest BCUT2D eigenvalue weighted by Crippen LogP contribution is -2.38. The highest BCUT2D eigenvalue weighted by Crippen LogP contribution is 2.34. The molecule has 0 bridgehead atoms. The highest BCUT2D eigenvalue weighted by molar-refractivity contribution is 4.83. The van der Waals surface area contributed by atoms with Gasteiger partial charge >= 0.3 is 0 Å². The molecule has 2 N–H and O–H groups in total. The Morgan fingerprint density at radius 3 is 2.79 bits per heavy atom.